The van der Waals surface area contributed by atoms with Crippen LogP contribution in [0.5, 0.6) is 0 Å². The van der Waals surface area contributed by atoms with E-state index in [0.717, 1.165) is 23.5 Å². The molecule has 0 radical (unpaired) electrons. The van der Waals surface area contributed by atoms with Crippen LogP contribution < -0.4 is 11.3 Å². The number of hydrazine groups is 1. The van der Waals surface area contributed by atoms with E-state index in [1.807, 2.05) is 18.5 Å². The molecule has 3 N–H and O–H groups in total. The van der Waals surface area contributed by atoms with Gasteiger partial charge in [-0.3, -0.25) is 16.0 Å². The molecule has 0 spiro atoms. The summed E-state index contributed by atoms with van der Waals surface area (Å²) in [4.78, 5) is 0. The van der Waals surface area contributed by atoms with Gasteiger partial charge in [0.15, 0.2) is 0 Å². The van der Waals surface area contributed by atoms with Crippen LogP contribution in [0.25, 0.3) is 0 Å². The lowest BCUT2D eigenvalue weighted by Crippen LogP contribution is -2.30. The summed E-state index contributed by atoms with van der Waals surface area (Å²) in [6.07, 6.45) is 0.572. The van der Waals surface area contributed by atoms with Gasteiger partial charge in [-0.25, -0.2) is 4.39 Å². The number of aryl methyl sites for hydroxylation is 2. The van der Waals surface area contributed by atoms with Gasteiger partial charge in [0.05, 0.1) is 26.9 Å². The van der Waals surface area contributed by atoms with Crippen LogP contribution in [-0.4, -0.2) is 9.78 Å². The number of benzene rings is 1. The molecule has 4 nitrogen and oxygen atoms in total. The van der Waals surface area contributed by atoms with E-state index in [0.29, 0.717) is 15.9 Å². The molecule has 1 atom stereocenters. The lowest BCUT2D eigenvalue weighted by molar-refractivity contribution is 0.515. The average Bonchev–Trinajstić information content (AvgIpc) is 2.75. The Bertz CT molecular complexity index is 644. The Hall–Kier alpha value is -0.950. The second-order valence-corrected chi connectivity index (χ2v) is 5.99. The lowest BCUT2D eigenvalue weighted by Gasteiger charge is -2.18. The summed E-state index contributed by atoms with van der Waals surface area (Å²) in [5.74, 6) is 5.35. The second kappa shape index (κ2) is 6.87. The summed E-state index contributed by atoms with van der Waals surface area (Å²) in [6, 6.07) is 4.65. The van der Waals surface area contributed by atoms with Crippen molar-refractivity contribution in [2.45, 2.75) is 32.9 Å². The maximum absolute atomic E-state index is 13.3. The fourth-order valence-electron chi connectivity index (χ4n) is 2.26. The SMILES string of the molecule is CCn1nc(C)c(Cl)c1CC(NN)c1ccc(F)c(Br)c1. The highest BCUT2D eigenvalue weighted by molar-refractivity contribution is 9.10. The number of rotatable bonds is 5. The Morgan fingerprint density at radius 3 is 2.81 bits per heavy atom. The fourth-order valence-corrected chi connectivity index (χ4v) is 2.87. The molecule has 0 amide bonds. The van der Waals surface area contributed by atoms with Crippen LogP contribution in [0.1, 0.15) is 29.9 Å². The zero-order valence-corrected chi connectivity index (χ0v) is 14.2. The molecule has 0 saturated carbocycles. The minimum Gasteiger partial charge on any atom is -0.271 e. The highest BCUT2D eigenvalue weighted by atomic mass is 79.9. The molecule has 2 rings (SSSR count). The van der Waals surface area contributed by atoms with Gasteiger partial charge < -0.3 is 0 Å². The number of aromatic nitrogens is 2. The van der Waals surface area contributed by atoms with Crippen molar-refractivity contribution in [2.24, 2.45) is 5.84 Å². The molecular formula is C14H17BrClFN4. The first-order valence-electron chi connectivity index (χ1n) is 6.60. The predicted molar refractivity (Wildman–Crippen MR) is 85.5 cm³/mol. The van der Waals surface area contributed by atoms with E-state index in [9.17, 15) is 4.39 Å². The van der Waals surface area contributed by atoms with Gasteiger partial charge in [0, 0.05) is 13.0 Å². The summed E-state index contributed by atoms with van der Waals surface area (Å²) < 4.78 is 15.6. The van der Waals surface area contributed by atoms with E-state index in [1.165, 1.54) is 6.07 Å². The number of halogens is 3. The largest absolute Gasteiger partial charge is 0.271 e. The summed E-state index contributed by atoms with van der Waals surface area (Å²) in [6.45, 7) is 4.61. The molecule has 114 valence electrons. The smallest absolute Gasteiger partial charge is 0.137 e. The first-order chi connectivity index (χ1) is 9.97. The quantitative estimate of drug-likeness (QED) is 0.621. The van der Waals surface area contributed by atoms with Crippen LogP contribution >= 0.6 is 27.5 Å². The van der Waals surface area contributed by atoms with E-state index in [4.69, 9.17) is 17.4 Å². The monoisotopic (exact) mass is 374 g/mol. The van der Waals surface area contributed by atoms with Gasteiger partial charge >= 0.3 is 0 Å². The van der Waals surface area contributed by atoms with Crippen LogP contribution in [0.4, 0.5) is 4.39 Å². The van der Waals surface area contributed by atoms with Crippen molar-refractivity contribution >= 4 is 27.5 Å². The number of hydrogen-bond donors (Lipinski definition) is 2. The van der Waals surface area contributed by atoms with E-state index in [2.05, 4.69) is 26.5 Å². The molecule has 0 fully saturated rings. The highest BCUT2D eigenvalue weighted by Gasteiger charge is 2.19. The molecule has 7 heteroatoms. The standard InChI is InChI=1S/C14H17BrClFN4/c1-3-21-13(14(16)8(2)20-21)7-12(19-18)9-4-5-11(17)10(15)6-9/h4-6,12,19H,3,7,18H2,1-2H3. The second-order valence-electron chi connectivity index (χ2n) is 4.76. The summed E-state index contributed by atoms with van der Waals surface area (Å²) in [5.41, 5.74) is 5.35. The Morgan fingerprint density at radius 1 is 1.52 bits per heavy atom. The Balaban J connectivity index is 2.33. The van der Waals surface area contributed by atoms with Gasteiger partial charge in [0.1, 0.15) is 5.82 Å². The summed E-state index contributed by atoms with van der Waals surface area (Å²) >= 11 is 9.51. The van der Waals surface area contributed by atoms with Crippen molar-refractivity contribution in [2.75, 3.05) is 0 Å². The zero-order chi connectivity index (χ0) is 15.6. The summed E-state index contributed by atoms with van der Waals surface area (Å²) in [7, 11) is 0. The number of hydrogen-bond acceptors (Lipinski definition) is 3. The van der Waals surface area contributed by atoms with Gasteiger partial charge in [-0.05, 0) is 47.5 Å². The molecule has 21 heavy (non-hydrogen) atoms. The number of nitrogens with zero attached hydrogens (tertiary/aromatic N) is 2. The van der Waals surface area contributed by atoms with Gasteiger partial charge in [0.25, 0.3) is 0 Å². The molecule has 0 aliphatic rings. The molecular weight excluding hydrogens is 359 g/mol. The maximum atomic E-state index is 13.3. The van der Waals surface area contributed by atoms with Crippen LogP contribution in [0.15, 0.2) is 22.7 Å². The molecule has 1 aromatic heterocycles. The van der Waals surface area contributed by atoms with E-state index in [1.54, 1.807) is 12.1 Å². The molecule has 1 heterocycles. The third-order valence-corrected chi connectivity index (χ3v) is 4.50. The Morgan fingerprint density at radius 2 is 2.24 bits per heavy atom. The molecule has 1 unspecified atom stereocenters. The van der Waals surface area contributed by atoms with Crippen LogP contribution in [0, 0.1) is 12.7 Å². The van der Waals surface area contributed by atoms with E-state index in [-0.39, 0.29) is 11.9 Å². The van der Waals surface area contributed by atoms with Crippen molar-refractivity contribution in [1.29, 1.82) is 0 Å². The zero-order valence-electron chi connectivity index (χ0n) is 11.8. The van der Waals surface area contributed by atoms with Crippen molar-refractivity contribution in [1.82, 2.24) is 15.2 Å². The Kier molecular flexibility index (Phi) is 5.37. The molecule has 0 aliphatic carbocycles. The topological polar surface area (TPSA) is 55.9 Å². The first-order valence-corrected chi connectivity index (χ1v) is 7.77. The summed E-state index contributed by atoms with van der Waals surface area (Å²) in [5, 5.41) is 5.04. The van der Waals surface area contributed by atoms with Crippen molar-refractivity contribution in [3.63, 3.8) is 0 Å². The van der Waals surface area contributed by atoms with Crippen molar-refractivity contribution < 1.29 is 4.39 Å². The van der Waals surface area contributed by atoms with Gasteiger partial charge in [-0.15, -0.1) is 0 Å². The minimum absolute atomic E-state index is 0.180. The van der Waals surface area contributed by atoms with E-state index >= 15 is 0 Å². The molecule has 0 aliphatic heterocycles. The van der Waals surface area contributed by atoms with E-state index < -0.39 is 0 Å². The van der Waals surface area contributed by atoms with Crippen LogP contribution in [0.2, 0.25) is 5.02 Å². The third kappa shape index (κ3) is 3.45. The normalized spacial score (nSPS) is 12.7. The van der Waals surface area contributed by atoms with Crippen molar-refractivity contribution in [3.05, 3.63) is 50.5 Å². The maximum Gasteiger partial charge on any atom is 0.137 e. The fraction of sp³-hybridized carbons (Fsp3) is 0.357. The Labute approximate surface area is 136 Å². The molecule has 0 bridgehead atoms. The van der Waals surface area contributed by atoms with Crippen LogP contribution in [-0.2, 0) is 13.0 Å². The minimum atomic E-state index is -0.304. The van der Waals surface area contributed by atoms with Gasteiger partial charge in [0.2, 0.25) is 0 Å². The number of nitrogens with one attached hydrogen (secondary N) is 1. The predicted octanol–water partition coefficient (Wildman–Crippen LogP) is 3.51. The van der Waals surface area contributed by atoms with Crippen LogP contribution in [0.3, 0.4) is 0 Å². The molecule has 1 aromatic carbocycles. The lowest BCUT2D eigenvalue weighted by atomic mass is 10.0. The third-order valence-electron chi connectivity index (χ3n) is 3.40. The first kappa shape index (κ1) is 16.4. The number of nitrogens with two attached hydrogens (primary N) is 1. The van der Waals surface area contributed by atoms with Crippen molar-refractivity contribution in [3.8, 4) is 0 Å². The molecule has 2 aromatic rings. The molecule has 0 saturated heterocycles. The highest BCUT2D eigenvalue weighted by Crippen LogP contribution is 2.27. The average molecular weight is 376 g/mol. The van der Waals surface area contributed by atoms with Gasteiger partial charge in [-0.1, -0.05) is 17.7 Å². The van der Waals surface area contributed by atoms with Gasteiger partial charge in [-0.2, -0.15) is 5.10 Å².